The number of hydrogen-bond acceptors (Lipinski definition) is 4. The molecule has 1 aromatic heterocycles. The molecular formula is C22H25ClN4O3S. The zero-order valence-corrected chi connectivity index (χ0v) is 19.2. The fraction of sp³-hybridized carbons (Fsp3) is 0.273. The second-order valence-electron chi connectivity index (χ2n) is 7.31. The Kier molecular flexibility index (Phi) is 7.15. The molecule has 7 nitrogen and oxygen atoms in total. The van der Waals surface area contributed by atoms with Crippen LogP contribution < -0.4 is 5.32 Å². The van der Waals surface area contributed by atoms with E-state index in [2.05, 4.69) is 10.4 Å². The lowest BCUT2D eigenvalue weighted by Gasteiger charge is -2.13. The predicted octanol–water partition coefficient (Wildman–Crippen LogP) is 3.45. The highest BCUT2D eigenvalue weighted by atomic mass is 35.5. The van der Waals surface area contributed by atoms with Crippen LogP contribution in [-0.4, -0.2) is 49.1 Å². The fourth-order valence-electron chi connectivity index (χ4n) is 3.08. The molecule has 164 valence electrons. The van der Waals surface area contributed by atoms with Crippen molar-refractivity contribution in [3.05, 3.63) is 76.6 Å². The monoisotopic (exact) mass is 460 g/mol. The number of halogens is 1. The van der Waals surface area contributed by atoms with Crippen molar-refractivity contribution >= 4 is 27.5 Å². The van der Waals surface area contributed by atoms with Gasteiger partial charge in [-0.05, 0) is 55.7 Å². The summed E-state index contributed by atoms with van der Waals surface area (Å²) >= 11 is 6.13. The SMILES string of the molecule is Cc1nn(-c2ccccc2)cc1CCCNC(=O)c1cc(S(=O)(=O)N(C)C)ccc1Cl. The van der Waals surface area contributed by atoms with Crippen molar-refractivity contribution in [1.82, 2.24) is 19.4 Å². The van der Waals surface area contributed by atoms with Crippen molar-refractivity contribution in [3.8, 4) is 5.69 Å². The van der Waals surface area contributed by atoms with Crippen LogP contribution in [0.5, 0.6) is 0 Å². The van der Waals surface area contributed by atoms with E-state index in [9.17, 15) is 13.2 Å². The number of nitrogens with one attached hydrogen (secondary N) is 1. The molecule has 0 aliphatic heterocycles. The molecule has 9 heteroatoms. The number of rotatable bonds is 8. The van der Waals surface area contributed by atoms with Crippen molar-refractivity contribution in [1.29, 1.82) is 0 Å². The van der Waals surface area contributed by atoms with E-state index in [1.54, 1.807) is 0 Å². The van der Waals surface area contributed by atoms with E-state index in [1.165, 1.54) is 32.3 Å². The fourth-order valence-corrected chi connectivity index (χ4v) is 4.21. The molecule has 0 aliphatic carbocycles. The van der Waals surface area contributed by atoms with Crippen LogP contribution in [0, 0.1) is 6.92 Å². The molecule has 0 radical (unpaired) electrons. The molecule has 3 aromatic rings. The molecule has 0 spiro atoms. The van der Waals surface area contributed by atoms with Gasteiger partial charge in [0.05, 0.1) is 26.9 Å². The van der Waals surface area contributed by atoms with Crippen LogP contribution >= 0.6 is 11.6 Å². The Bertz CT molecular complexity index is 1170. The molecular weight excluding hydrogens is 436 g/mol. The van der Waals surface area contributed by atoms with Crippen molar-refractivity contribution in [2.24, 2.45) is 0 Å². The maximum absolute atomic E-state index is 12.6. The van der Waals surface area contributed by atoms with Crippen LogP contribution in [0.15, 0.2) is 59.6 Å². The topological polar surface area (TPSA) is 84.3 Å². The summed E-state index contributed by atoms with van der Waals surface area (Å²) in [6, 6.07) is 14.0. The summed E-state index contributed by atoms with van der Waals surface area (Å²) in [7, 11) is -0.779. The van der Waals surface area contributed by atoms with Gasteiger partial charge in [-0.1, -0.05) is 29.8 Å². The first-order valence-electron chi connectivity index (χ1n) is 9.81. The van der Waals surface area contributed by atoms with Crippen LogP contribution in [0.2, 0.25) is 5.02 Å². The number of sulfonamides is 1. The Morgan fingerprint density at radius 2 is 1.87 bits per heavy atom. The highest BCUT2D eigenvalue weighted by molar-refractivity contribution is 7.89. The number of para-hydroxylation sites is 1. The molecule has 0 saturated heterocycles. The third kappa shape index (κ3) is 5.33. The number of carbonyl (C=O) groups excluding carboxylic acids is 1. The van der Waals surface area contributed by atoms with E-state index in [1.807, 2.05) is 48.1 Å². The van der Waals surface area contributed by atoms with Crippen molar-refractivity contribution in [2.75, 3.05) is 20.6 Å². The maximum Gasteiger partial charge on any atom is 0.252 e. The number of aryl methyl sites for hydroxylation is 2. The summed E-state index contributed by atoms with van der Waals surface area (Å²) in [5.41, 5.74) is 3.18. The van der Waals surface area contributed by atoms with E-state index in [0.717, 1.165) is 27.7 Å². The Labute approximate surface area is 187 Å². The van der Waals surface area contributed by atoms with E-state index in [0.29, 0.717) is 13.0 Å². The number of hydrogen-bond donors (Lipinski definition) is 1. The second kappa shape index (κ2) is 9.64. The average Bonchev–Trinajstić information content (AvgIpc) is 3.12. The summed E-state index contributed by atoms with van der Waals surface area (Å²) in [6.45, 7) is 2.39. The molecule has 1 amide bonds. The lowest BCUT2D eigenvalue weighted by molar-refractivity contribution is 0.0953. The quantitative estimate of drug-likeness (QED) is 0.522. The van der Waals surface area contributed by atoms with Gasteiger partial charge in [-0.2, -0.15) is 5.10 Å². The Morgan fingerprint density at radius 3 is 2.55 bits per heavy atom. The largest absolute Gasteiger partial charge is 0.352 e. The molecule has 0 fully saturated rings. The summed E-state index contributed by atoms with van der Waals surface area (Å²) in [6.07, 6.45) is 3.46. The van der Waals surface area contributed by atoms with E-state index < -0.39 is 15.9 Å². The number of carbonyl (C=O) groups is 1. The molecule has 1 N–H and O–H groups in total. The highest BCUT2D eigenvalue weighted by Gasteiger charge is 2.20. The molecule has 0 saturated carbocycles. The lowest BCUT2D eigenvalue weighted by atomic mass is 10.1. The van der Waals surface area contributed by atoms with Gasteiger partial charge in [0, 0.05) is 26.8 Å². The van der Waals surface area contributed by atoms with Crippen LogP contribution in [0.1, 0.15) is 28.0 Å². The van der Waals surface area contributed by atoms with Gasteiger partial charge in [0.1, 0.15) is 0 Å². The first-order valence-corrected chi connectivity index (χ1v) is 11.6. The molecule has 31 heavy (non-hydrogen) atoms. The van der Waals surface area contributed by atoms with Gasteiger partial charge >= 0.3 is 0 Å². The Morgan fingerprint density at radius 1 is 1.16 bits per heavy atom. The Hall–Kier alpha value is -2.68. The van der Waals surface area contributed by atoms with Crippen LogP contribution in [0.3, 0.4) is 0 Å². The minimum absolute atomic E-state index is 0.0241. The van der Waals surface area contributed by atoms with E-state index in [4.69, 9.17) is 11.6 Å². The van der Waals surface area contributed by atoms with Crippen molar-refractivity contribution in [2.45, 2.75) is 24.7 Å². The van der Waals surface area contributed by atoms with Gasteiger partial charge in [0.2, 0.25) is 10.0 Å². The van der Waals surface area contributed by atoms with Crippen molar-refractivity contribution in [3.63, 3.8) is 0 Å². The molecule has 1 heterocycles. The second-order valence-corrected chi connectivity index (χ2v) is 9.87. The van der Waals surface area contributed by atoms with E-state index in [-0.39, 0.29) is 15.5 Å². The first kappa shape index (κ1) is 23.0. The van der Waals surface area contributed by atoms with Gasteiger partial charge in [-0.25, -0.2) is 17.4 Å². The molecule has 2 aromatic carbocycles. The third-order valence-electron chi connectivity index (χ3n) is 4.89. The lowest BCUT2D eigenvalue weighted by Crippen LogP contribution is -2.26. The van der Waals surface area contributed by atoms with Gasteiger partial charge in [-0.15, -0.1) is 0 Å². The minimum atomic E-state index is -3.65. The standard InChI is InChI=1S/C22H25ClN4O3S/c1-16-17(15-27(25-16)18-9-5-4-6-10-18)8-7-13-24-22(28)20-14-19(11-12-21(20)23)31(29,30)26(2)3/h4-6,9-12,14-15H,7-8,13H2,1-3H3,(H,24,28). The minimum Gasteiger partial charge on any atom is -0.352 e. The van der Waals surface area contributed by atoms with Gasteiger partial charge < -0.3 is 5.32 Å². The number of aromatic nitrogens is 2. The highest BCUT2D eigenvalue weighted by Crippen LogP contribution is 2.22. The predicted molar refractivity (Wildman–Crippen MR) is 121 cm³/mol. The average molecular weight is 461 g/mol. The van der Waals surface area contributed by atoms with Gasteiger partial charge in [0.15, 0.2) is 0 Å². The zero-order chi connectivity index (χ0) is 22.6. The van der Waals surface area contributed by atoms with Crippen molar-refractivity contribution < 1.29 is 13.2 Å². The summed E-state index contributed by atoms with van der Waals surface area (Å²) in [4.78, 5) is 12.6. The summed E-state index contributed by atoms with van der Waals surface area (Å²) < 4.78 is 27.6. The number of nitrogens with zero attached hydrogens (tertiary/aromatic N) is 3. The third-order valence-corrected chi connectivity index (χ3v) is 7.03. The Balaban J connectivity index is 1.61. The molecule has 0 aliphatic rings. The van der Waals surface area contributed by atoms with Gasteiger partial charge in [0.25, 0.3) is 5.91 Å². The summed E-state index contributed by atoms with van der Waals surface area (Å²) in [5, 5.41) is 7.57. The van der Waals surface area contributed by atoms with E-state index >= 15 is 0 Å². The molecule has 0 atom stereocenters. The normalized spacial score (nSPS) is 11.6. The molecule has 0 unspecified atom stereocenters. The molecule has 3 rings (SSSR count). The smallest absolute Gasteiger partial charge is 0.252 e. The van der Waals surface area contributed by atoms with Crippen LogP contribution in [0.4, 0.5) is 0 Å². The number of amides is 1. The maximum atomic E-state index is 12.6. The van der Waals surface area contributed by atoms with Crippen LogP contribution in [0.25, 0.3) is 5.69 Å². The van der Waals surface area contributed by atoms with Crippen LogP contribution in [-0.2, 0) is 16.4 Å². The first-order chi connectivity index (χ1) is 14.7. The van der Waals surface area contributed by atoms with Gasteiger partial charge in [-0.3, -0.25) is 4.79 Å². The zero-order valence-electron chi connectivity index (χ0n) is 17.7. The summed E-state index contributed by atoms with van der Waals surface area (Å²) in [5.74, 6) is -0.405. The number of benzene rings is 2. The molecule has 0 bridgehead atoms.